The molecule has 1 fully saturated rings. The highest BCUT2D eigenvalue weighted by Crippen LogP contribution is 2.09. The van der Waals surface area contributed by atoms with Crippen LogP contribution in [-0.4, -0.2) is 51.2 Å². The zero-order valence-corrected chi connectivity index (χ0v) is 15.4. The van der Waals surface area contributed by atoms with Gasteiger partial charge in [0.2, 0.25) is 0 Å². The monoisotopic (exact) mass is 363 g/mol. The van der Waals surface area contributed by atoms with E-state index in [9.17, 15) is 14.4 Å². The van der Waals surface area contributed by atoms with Crippen LogP contribution in [0.2, 0.25) is 0 Å². The first-order chi connectivity index (χ1) is 12.5. The fraction of sp³-hybridized carbons (Fsp3) is 0.526. The van der Waals surface area contributed by atoms with Gasteiger partial charge in [0.1, 0.15) is 5.92 Å². The maximum atomic E-state index is 12.2. The van der Waals surface area contributed by atoms with Gasteiger partial charge in [-0.25, -0.2) is 4.79 Å². The minimum Gasteiger partial charge on any atom is -0.466 e. The van der Waals surface area contributed by atoms with E-state index in [0.717, 1.165) is 29.8 Å². The number of likely N-dealkylation sites (tertiary alicyclic amines) is 1. The first-order valence-electron chi connectivity index (χ1n) is 8.97. The third kappa shape index (κ3) is 5.84. The summed E-state index contributed by atoms with van der Waals surface area (Å²) >= 11 is 0. The molecule has 1 aliphatic heterocycles. The molecule has 0 spiro atoms. The number of methoxy groups -OCH3 is 1. The fourth-order valence-corrected chi connectivity index (χ4v) is 3.14. The molecule has 7 heteroatoms. The molecule has 1 unspecified atom stereocenters. The van der Waals surface area contributed by atoms with Crippen LogP contribution >= 0.6 is 0 Å². The van der Waals surface area contributed by atoms with E-state index in [1.54, 1.807) is 31.2 Å². The molecule has 26 heavy (non-hydrogen) atoms. The van der Waals surface area contributed by atoms with Crippen molar-refractivity contribution in [1.82, 2.24) is 5.32 Å². The van der Waals surface area contributed by atoms with E-state index in [1.165, 1.54) is 7.11 Å². The summed E-state index contributed by atoms with van der Waals surface area (Å²) in [6, 6.07) is 6.93. The summed E-state index contributed by atoms with van der Waals surface area (Å²) in [5.41, 5.74) is 1.38. The molecule has 0 aliphatic carbocycles. The lowest BCUT2D eigenvalue weighted by molar-refractivity contribution is -0.899. The van der Waals surface area contributed by atoms with Gasteiger partial charge < -0.3 is 19.7 Å². The normalized spacial score (nSPS) is 19.5. The number of piperidine rings is 1. The molecule has 0 bridgehead atoms. The number of hydrogen-bond donors (Lipinski definition) is 2. The standard InChI is InChI=1S/C19H26N2O5/c1-3-26-19(24)16-5-4-10-21(12-16)13-17(22)20-11-14-6-8-15(9-7-14)18(23)25-2/h6-9,16H,3-5,10-13H2,1-2H3,(H,20,22)/p+1/t16-/m0/s1. The van der Waals surface area contributed by atoms with Crippen molar-refractivity contribution in [3.8, 4) is 0 Å². The van der Waals surface area contributed by atoms with E-state index >= 15 is 0 Å². The van der Waals surface area contributed by atoms with Gasteiger partial charge in [0, 0.05) is 6.54 Å². The topological polar surface area (TPSA) is 86.1 Å². The average molecular weight is 363 g/mol. The highest BCUT2D eigenvalue weighted by atomic mass is 16.5. The predicted octanol–water partition coefficient (Wildman–Crippen LogP) is -0.0526. The maximum Gasteiger partial charge on any atom is 0.337 e. The smallest absolute Gasteiger partial charge is 0.337 e. The zero-order valence-electron chi connectivity index (χ0n) is 15.4. The summed E-state index contributed by atoms with van der Waals surface area (Å²) < 4.78 is 9.74. The number of quaternary nitrogens is 1. The molecular weight excluding hydrogens is 336 g/mol. The Labute approximate surface area is 153 Å². The van der Waals surface area contributed by atoms with Crippen molar-refractivity contribution in [2.75, 3.05) is 33.4 Å². The van der Waals surface area contributed by atoms with Crippen LogP contribution in [0, 0.1) is 5.92 Å². The number of esters is 2. The average Bonchev–Trinajstić information content (AvgIpc) is 2.66. The van der Waals surface area contributed by atoms with Gasteiger partial charge in [0.15, 0.2) is 6.54 Å². The number of hydrogen-bond acceptors (Lipinski definition) is 5. The van der Waals surface area contributed by atoms with Crippen molar-refractivity contribution >= 4 is 17.8 Å². The largest absolute Gasteiger partial charge is 0.466 e. The highest BCUT2D eigenvalue weighted by Gasteiger charge is 2.30. The van der Waals surface area contributed by atoms with E-state index in [-0.39, 0.29) is 23.8 Å². The van der Waals surface area contributed by atoms with Gasteiger partial charge in [0.05, 0.1) is 32.4 Å². The lowest BCUT2D eigenvalue weighted by Crippen LogP contribution is -3.14. The van der Waals surface area contributed by atoms with Gasteiger partial charge in [-0.3, -0.25) is 9.59 Å². The van der Waals surface area contributed by atoms with E-state index in [2.05, 4.69) is 10.1 Å². The maximum absolute atomic E-state index is 12.2. The Balaban J connectivity index is 1.77. The number of ether oxygens (including phenoxy) is 2. The van der Waals surface area contributed by atoms with Crippen molar-refractivity contribution in [3.05, 3.63) is 35.4 Å². The van der Waals surface area contributed by atoms with Crippen molar-refractivity contribution < 1.29 is 28.8 Å². The van der Waals surface area contributed by atoms with Crippen LogP contribution in [0.15, 0.2) is 24.3 Å². The van der Waals surface area contributed by atoms with Crippen LogP contribution < -0.4 is 10.2 Å². The molecule has 2 rings (SSSR count). The van der Waals surface area contributed by atoms with Crippen LogP contribution in [0.1, 0.15) is 35.7 Å². The summed E-state index contributed by atoms with van der Waals surface area (Å²) in [4.78, 5) is 36.6. The van der Waals surface area contributed by atoms with E-state index in [1.807, 2.05) is 0 Å². The molecule has 1 saturated heterocycles. The summed E-state index contributed by atoms with van der Waals surface area (Å²) in [6.07, 6.45) is 1.75. The first kappa shape index (κ1) is 19.9. The zero-order chi connectivity index (χ0) is 18.9. The molecule has 7 nitrogen and oxygen atoms in total. The van der Waals surface area contributed by atoms with Crippen LogP contribution in [0.5, 0.6) is 0 Å². The van der Waals surface area contributed by atoms with Crippen molar-refractivity contribution in [2.24, 2.45) is 5.92 Å². The SMILES string of the molecule is CCOC(=O)[C@H]1CCC[NH+](CC(=O)NCc2ccc(C(=O)OC)cc2)C1. The lowest BCUT2D eigenvalue weighted by Gasteiger charge is -2.28. The summed E-state index contributed by atoms with van der Waals surface area (Å²) in [5.74, 6) is -0.708. The summed E-state index contributed by atoms with van der Waals surface area (Å²) in [5, 5.41) is 2.89. The Morgan fingerprint density at radius 2 is 1.96 bits per heavy atom. The summed E-state index contributed by atoms with van der Waals surface area (Å²) in [6.45, 7) is 4.46. The van der Waals surface area contributed by atoms with Crippen molar-refractivity contribution in [2.45, 2.75) is 26.3 Å². The molecule has 0 radical (unpaired) electrons. The van der Waals surface area contributed by atoms with Crippen LogP contribution in [-0.2, 0) is 25.6 Å². The van der Waals surface area contributed by atoms with Gasteiger partial charge >= 0.3 is 11.9 Å². The minimum atomic E-state index is -0.384. The van der Waals surface area contributed by atoms with Crippen LogP contribution in [0.25, 0.3) is 0 Å². The molecule has 2 N–H and O–H groups in total. The number of nitrogens with one attached hydrogen (secondary N) is 2. The number of benzene rings is 1. The molecule has 2 atom stereocenters. The van der Waals surface area contributed by atoms with Crippen molar-refractivity contribution in [3.63, 3.8) is 0 Å². The Kier molecular flexibility index (Phi) is 7.59. The minimum absolute atomic E-state index is 0.0541. The fourth-order valence-electron chi connectivity index (χ4n) is 3.14. The number of rotatable bonds is 7. The van der Waals surface area contributed by atoms with Gasteiger partial charge in [-0.15, -0.1) is 0 Å². The second-order valence-electron chi connectivity index (χ2n) is 6.44. The predicted molar refractivity (Wildman–Crippen MR) is 94.5 cm³/mol. The Bertz CT molecular complexity index is 629. The lowest BCUT2D eigenvalue weighted by atomic mass is 9.98. The van der Waals surface area contributed by atoms with E-state index in [0.29, 0.717) is 31.8 Å². The molecule has 1 aromatic rings. The first-order valence-corrected chi connectivity index (χ1v) is 8.97. The number of amides is 1. The second-order valence-corrected chi connectivity index (χ2v) is 6.44. The van der Waals surface area contributed by atoms with Crippen LogP contribution in [0.3, 0.4) is 0 Å². The van der Waals surface area contributed by atoms with Crippen molar-refractivity contribution in [1.29, 1.82) is 0 Å². The number of carbonyl (C=O) groups is 3. The number of carbonyl (C=O) groups excluding carboxylic acids is 3. The Hall–Kier alpha value is -2.41. The highest BCUT2D eigenvalue weighted by molar-refractivity contribution is 5.89. The molecule has 1 amide bonds. The molecule has 1 aromatic carbocycles. The van der Waals surface area contributed by atoms with Gasteiger partial charge in [-0.2, -0.15) is 0 Å². The molecule has 1 aliphatic rings. The molecule has 0 saturated carbocycles. The Morgan fingerprint density at radius 3 is 2.62 bits per heavy atom. The second kappa shape index (κ2) is 9.91. The summed E-state index contributed by atoms with van der Waals surface area (Å²) in [7, 11) is 1.34. The third-order valence-electron chi connectivity index (χ3n) is 4.51. The van der Waals surface area contributed by atoms with Gasteiger partial charge in [-0.1, -0.05) is 12.1 Å². The molecule has 1 heterocycles. The third-order valence-corrected chi connectivity index (χ3v) is 4.51. The quantitative estimate of drug-likeness (QED) is 0.664. The van der Waals surface area contributed by atoms with E-state index in [4.69, 9.17) is 4.74 Å². The van der Waals surface area contributed by atoms with Gasteiger partial charge in [-0.05, 0) is 37.5 Å². The van der Waals surface area contributed by atoms with Crippen LogP contribution in [0.4, 0.5) is 0 Å². The molecule has 0 aromatic heterocycles. The Morgan fingerprint density at radius 1 is 1.23 bits per heavy atom. The molecular formula is C19H27N2O5+. The van der Waals surface area contributed by atoms with Gasteiger partial charge in [0.25, 0.3) is 5.91 Å². The molecule has 142 valence electrons. The van der Waals surface area contributed by atoms with E-state index < -0.39 is 0 Å².